The molecule has 0 fully saturated rings. The summed E-state index contributed by atoms with van der Waals surface area (Å²) in [6.45, 7) is 3.96. The number of hydrogen-bond donors (Lipinski definition) is 1. The number of benzene rings is 2. The molecular formula is C21H19N3O3S. The number of aromatic nitrogens is 1. The van der Waals surface area contributed by atoms with Gasteiger partial charge in [0.15, 0.2) is 5.57 Å². The Bertz CT molecular complexity index is 1240. The first-order valence-electron chi connectivity index (χ1n) is 8.86. The van der Waals surface area contributed by atoms with Crippen LogP contribution in [-0.4, -0.2) is 17.1 Å². The molecule has 0 amide bonds. The maximum atomic E-state index is 12.7. The number of nitriles is 1. The van der Waals surface area contributed by atoms with Crippen LogP contribution in [0.15, 0.2) is 47.3 Å². The summed E-state index contributed by atoms with van der Waals surface area (Å²) >= 11 is 1.09. The van der Waals surface area contributed by atoms with Crippen molar-refractivity contribution < 1.29 is 9.53 Å². The highest BCUT2D eigenvalue weighted by molar-refractivity contribution is 7.07. The Kier molecular flexibility index (Phi) is 5.92. The summed E-state index contributed by atoms with van der Waals surface area (Å²) in [6, 6.07) is 15.7. The van der Waals surface area contributed by atoms with Crippen molar-refractivity contribution in [1.29, 1.82) is 5.26 Å². The number of ether oxygens (including phenoxy) is 1. The van der Waals surface area contributed by atoms with Crippen LogP contribution in [0.5, 0.6) is 0 Å². The van der Waals surface area contributed by atoms with Crippen molar-refractivity contribution >= 4 is 45.5 Å². The van der Waals surface area contributed by atoms with Crippen LogP contribution in [0.2, 0.25) is 0 Å². The Labute approximate surface area is 165 Å². The van der Waals surface area contributed by atoms with Gasteiger partial charge < -0.3 is 10.1 Å². The van der Waals surface area contributed by atoms with Crippen molar-refractivity contribution in [2.45, 2.75) is 20.4 Å². The van der Waals surface area contributed by atoms with Crippen LogP contribution in [0.25, 0.3) is 22.5 Å². The number of anilines is 1. The van der Waals surface area contributed by atoms with Crippen LogP contribution in [0.4, 0.5) is 5.69 Å². The third-order valence-electron chi connectivity index (χ3n) is 4.18. The van der Waals surface area contributed by atoms with E-state index >= 15 is 0 Å². The average molecular weight is 393 g/mol. The molecule has 0 saturated heterocycles. The van der Waals surface area contributed by atoms with Crippen molar-refractivity contribution in [3.8, 4) is 6.07 Å². The van der Waals surface area contributed by atoms with Crippen molar-refractivity contribution in [2.75, 3.05) is 11.9 Å². The monoisotopic (exact) mass is 393 g/mol. The van der Waals surface area contributed by atoms with E-state index in [0.717, 1.165) is 27.8 Å². The topological polar surface area (TPSA) is 84.1 Å². The second kappa shape index (κ2) is 8.55. The molecule has 1 N–H and O–H groups in total. The lowest BCUT2D eigenvalue weighted by Crippen LogP contribution is -2.32. The van der Waals surface area contributed by atoms with Gasteiger partial charge in [-0.3, -0.25) is 9.36 Å². The molecule has 142 valence electrons. The first-order chi connectivity index (χ1) is 13.6. The van der Waals surface area contributed by atoms with Crippen LogP contribution in [-0.2, 0) is 16.1 Å². The number of carbonyl (C=O) groups is 1. The summed E-state index contributed by atoms with van der Waals surface area (Å²) in [4.78, 5) is 24.8. The number of nitrogens with one attached hydrogen (secondary N) is 1. The molecule has 0 spiro atoms. The molecule has 2 aromatic carbocycles. The maximum Gasteiger partial charge on any atom is 0.351 e. The molecular weight excluding hydrogens is 374 g/mol. The Balaban J connectivity index is 2.13. The van der Waals surface area contributed by atoms with Crippen molar-refractivity contribution in [2.24, 2.45) is 0 Å². The van der Waals surface area contributed by atoms with E-state index in [1.165, 1.54) is 4.57 Å². The Morgan fingerprint density at radius 2 is 2.00 bits per heavy atom. The van der Waals surface area contributed by atoms with E-state index < -0.39 is 5.97 Å². The second-order valence-corrected chi connectivity index (χ2v) is 6.87. The minimum atomic E-state index is -0.720. The molecule has 7 heteroatoms. The molecule has 1 heterocycles. The fourth-order valence-electron chi connectivity index (χ4n) is 2.87. The van der Waals surface area contributed by atoms with E-state index in [9.17, 15) is 14.9 Å². The van der Waals surface area contributed by atoms with Crippen LogP contribution in [0.3, 0.4) is 0 Å². The molecule has 0 aliphatic carbocycles. The molecule has 0 saturated carbocycles. The number of esters is 1. The van der Waals surface area contributed by atoms with Gasteiger partial charge in [-0.1, -0.05) is 36.4 Å². The van der Waals surface area contributed by atoms with Crippen LogP contribution >= 0.6 is 11.3 Å². The molecule has 0 atom stereocenters. The van der Waals surface area contributed by atoms with Gasteiger partial charge in [-0.05, 0) is 25.3 Å². The quantitative estimate of drug-likeness (QED) is 0.672. The van der Waals surface area contributed by atoms with E-state index in [0.29, 0.717) is 15.7 Å². The van der Waals surface area contributed by atoms with Gasteiger partial charge in [0.25, 0.3) is 5.56 Å². The summed E-state index contributed by atoms with van der Waals surface area (Å²) in [6.07, 6.45) is 1.62. The standard InChI is InChI=1S/C21H19N3O3S/c1-3-24-19(25)18(28-20(24)16(12-22)21(26)27-4-2)13-23-17-11-7-9-14-8-5-6-10-15(14)17/h5-11,13,23H,3-4H2,1-2H3/b18-13+,20-16+. The number of carbonyl (C=O) groups excluding carboxylic acids is 1. The average Bonchev–Trinajstić information content (AvgIpc) is 3.02. The normalized spacial score (nSPS) is 12.5. The lowest BCUT2D eigenvalue weighted by atomic mass is 10.1. The number of hydrogen-bond acceptors (Lipinski definition) is 6. The Hall–Kier alpha value is -3.37. The zero-order chi connectivity index (χ0) is 20.1. The van der Waals surface area contributed by atoms with Crippen molar-refractivity contribution in [1.82, 2.24) is 4.57 Å². The van der Waals surface area contributed by atoms with Gasteiger partial charge in [-0.25, -0.2) is 4.79 Å². The summed E-state index contributed by atoms with van der Waals surface area (Å²) < 4.78 is 7.07. The molecule has 0 bridgehead atoms. The zero-order valence-electron chi connectivity index (χ0n) is 15.6. The molecule has 1 aromatic heterocycles. The van der Waals surface area contributed by atoms with Gasteiger partial charge in [0.2, 0.25) is 0 Å². The summed E-state index contributed by atoms with van der Waals surface area (Å²) in [7, 11) is 0. The van der Waals surface area contributed by atoms with Crippen molar-refractivity contribution in [3.05, 3.63) is 62.0 Å². The van der Waals surface area contributed by atoms with Crippen LogP contribution < -0.4 is 20.1 Å². The highest BCUT2D eigenvalue weighted by atomic mass is 32.1. The lowest BCUT2D eigenvalue weighted by molar-refractivity contribution is -0.136. The second-order valence-electron chi connectivity index (χ2n) is 5.84. The van der Waals surface area contributed by atoms with E-state index in [2.05, 4.69) is 5.32 Å². The Morgan fingerprint density at radius 1 is 1.25 bits per heavy atom. The number of rotatable bonds is 5. The maximum absolute atomic E-state index is 12.7. The van der Waals surface area contributed by atoms with Gasteiger partial charge >= 0.3 is 5.97 Å². The molecule has 6 nitrogen and oxygen atoms in total. The third kappa shape index (κ3) is 3.68. The van der Waals surface area contributed by atoms with E-state index in [1.807, 2.05) is 48.5 Å². The highest BCUT2D eigenvalue weighted by Crippen LogP contribution is 2.22. The molecule has 0 radical (unpaired) electrons. The van der Waals surface area contributed by atoms with E-state index in [-0.39, 0.29) is 17.7 Å². The highest BCUT2D eigenvalue weighted by Gasteiger charge is 2.16. The first kappa shape index (κ1) is 19.4. The number of fused-ring (bicyclic) bond motifs is 1. The minimum absolute atomic E-state index is 0.157. The SMILES string of the molecule is CCOC(=O)/C(C#N)=c1/s/c(=C/Nc2cccc3ccccc23)c(=O)n1CC. The first-order valence-corrected chi connectivity index (χ1v) is 9.68. The third-order valence-corrected chi connectivity index (χ3v) is 5.31. The van der Waals surface area contributed by atoms with Gasteiger partial charge in [0.1, 0.15) is 15.3 Å². The van der Waals surface area contributed by atoms with Gasteiger partial charge in [0, 0.05) is 23.8 Å². The molecule has 3 rings (SSSR count). The molecule has 0 aliphatic heterocycles. The summed E-state index contributed by atoms with van der Waals surface area (Å²) in [5.74, 6) is -0.720. The molecule has 0 aliphatic rings. The van der Waals surface area contributed by atoms with Crippen molar-refractivity contribution in [3.63, 3.8) is 0 Å². The van der Waals surface area contributed by atoms with Gasteiger partial charge in [-0.15, -0.1) is 11.3 Å². The Morgan fingerprint density at radius 3 is 2.71 bits per heavy atom. The fourth-order valence-corrected chi connectivity index (χ4v) is 3.95. The fraction of sp³-hybridized carbons (Fsp3) is 0.190. The number of nitrogens with zero attached hydrogens (tertiary/aromatic N) is 2. The minimum Gasteiger partial charge on any atom is -0.462 e. The molecule has 3 aromatic rings. The smallest absolute Gasteiger partial charge is 0.351 e. The predicted molar refractivity (Wildman–Crippen MR) is 111 cm³/mol. The lowest BCUT2D eigenvalue weighted by Gasteiger charge is -2.05. The van der Waals surface area contributed by atoms with Crippen LogP contribution in [0.1, 0.15) is 13.8 Å². The van der Waals surface area contributed by atoms with Crippen LogP contribution in [0, 0.1) is 11.3 Å². The largest absolute Gasteiger partial charge is 0.462 e. The number of thiazole rings is 1. The van der Waals surface area contributed by atoms with Gasteiger partial charge in [-0.2, -0.15) is 5.26 Å². The predicted octanol–water partition coefficient (Wildman–Crippen LogP) is 2.17. The zero-order valence-corrected chi connectivity index (χ0v) is 16.4. The molecule has 28 heavy (non-hydrogen) atoms. The van der Waals surface area contributed by atoms with E-state index in [1.54, 1.807) is 20.0 Å². The summed E-state index contributed by atoms with van der Waals surface area (Å²) in [5, 5.41) is 14.7. The summed E-state index contributed by atoms with van der Waals surface area (Å²) in [5.41, 5.74) is 0.452. The van der Waals surface area contributed by atoms with E-state index in [4.69, 9.17) is 4.74 Å². The van der Waals surface area contributed by atoms with Gasteiger partial charge in [0.05, 0.1) is 6.61 Å². The molecule has 0 unspecified atom stereocenters.